The van der Waals surface area contributed by atoms with Crippen LogP contribution in [0.15, 0.2) is 48.5 Å². The number of amides is 1. The Labute approximate surface area is 148 Å². The lowest BCUT2D eigenvalue weighted by molar-refractivity contribution is -0.682. The van der Waals surface area contributed by atoms with Gasteiger partial charge >= 0.3 is 0 Å². The third-order valence-corrected chi connectivity index (χ3v) is 4.97. The summed E-state index contributed by atoms with van der Waals surface area (Å²) in [5.41, 5.74) is 3.78. The standard InChI is InChI=1S/C20H23ClN2O/c1-14(16-8-4-9-17(21)12-16)22-13-20(24)23-19-11-5-7-15-6-2-3-10-18(15)19/h2-4,6,8-10,12,14,19,22H,5,7,11,13H2,1H3,(H,23,24)/p+1/t14-,19-/m0/s1. The van der Waals surface area contributed by atoms with Gasteiger partial charge in [0.25, 0.3) is 5.91 Å². The number of hydrogen-bond donors (Lipinski definition) is 2. The first-order valence-corrected chi connectivity index (χ1v) is 8.97. The van der Waals surface area contributed by atoms with Crippen LogP contribution in [0.3, 0.4) is 0 Å². The lowest BCUT2D eigenvalue weighted by Gasteiger charge is -2.26. The van der Waals surface area contributed by atoms with Gasteiger partial charge in [-0.3, -0.25) is 4.79 Å². The molecule has 3 rings (SSSR count). The summed E-state index contributed by atoms with van der Waals surface area (Å²) in [5, 5.41) is 5.98. The fourth-order valence-corrected chi connectivity index (χ4v) is 3.57. The molecule has 0 heterocycles. The molecule has 0 aliphatic heterocycles. The average Bonchev–Trinajstić information content (AvgIpc) is 2.60. The second-order valence-electron chi connectivity index (χ2n) is 6.49. The van der Waals surface area contributed by atoms with Gasteiger partial charge in [0.2, 0.25) is 0 Å². The van der Waals surface area contributed by atoms with E-state index in [0.29, 0.717) is 6.54 Å². The molecule has 0 radical (unpaired) electrons. The van der Waals surface area contributed by atoms with Gasteiger partial charge in [0.1, 0.15) is 6.04 Å². The first-order chi connectivity index (χ1) is 11.6. The lowest BCUT2D eigenvalue weighted by Crippen LogP contribution is -2.87. The van der Waals surface area contributed by atoms with Gasteiger partial charge in [-0.25, -0.2) is 0 Å². The van der Waals surface area contributed by atoms with Gasteiger partial charge in [0, 0.05) is 10.6 Å². The van der Waals surface area contributed by atoms with E-state index >= 15 is 0 Å². The van der Waals surface area contributed by atoms with Gasteiger partial charge in [0.15, 0.2) is 6.54 Å². The maximum Gasteiger partial charge on any atom is 0.275 e. The number of carbonyl (C=O) groups excluding carboxylic acids is 1. The van der Waals surface area contributed by atoms with E-state index in [1.54, 1.807) is 0 Å². The maximum atomic E-state index is 12.4. The third-order valence-electron chi connectivity index (χ3n) is 4.74. The zero-order valence-corrected chi connectivity index (χ0v) is 14.7. The van der Waals surface area contributed by atoms with E-state index in [4.69, 9.17) is 11.6 Å². The Bertz CT molecular complexity index is 716. The second-order valence-corrected chi connectivity index (χ2v) is 6.93. The summed E-state index contributed by atoms with van der Waals surface area (Å²) >= 11 is 6.04. The quantitative estimate of drug-likeness (QED) is 0.860. The predicted molar refractivity (Wildman–Crippen MR) is 96.9 cm³/mol. The van der Waals surface area contributed by atoms with Crippen molar-refractivity contribution in [3.63, 3.8) is 0 Å². The Balaban J connectivity index is 1.55. The zero-order valence-electron chi connectivity index (χ0n) is 14.0. The molecule has 126 valence electrons. The number of nitrogens with two attached hydrogens (primary N) is 1. The van der Waals surface area contributed by atoms with Gasteiger partial charge in [-0.15, -0.1) is 0 Å². The molecule has 2 aromatic rings. The highest BCUT2D eigenvalue weighted by Gasteiger charge is 2.22. The molecule has 3 N–H and O–H groups in total. The van der Waals surface area contributed by atoms with Gasteiger partial charge in [0.05, 0.1) is 6.04 Å². The highest BCUT2D eigenvalue weighted by molar-refractivity contribution is 6.30. The molecule has 0 saturated heterocycles. The summed E-state index contributed by atoms with van der Waals surface area (Å²) in [5.74, 6) is 0.0885. The maximum absolute atomic E-state index is 12.4. The summed E-state index contributed by atoms with van der Waals surface area (Å²) in [4.78, 5) is 12.4. The van der Waals surface area contributed by atoms with Crippen molar-refractivity contribution in [2.45, 2.75) is 38.3 Å². The van der Waals surface area contributed by atoms with Crippen LogP contribution in [0.5, 0.6) is 0 Å². The lowest BCUT2D eigenvalue weighted by atomic mass is 9.88. The van der Waals surface area contributed by atoms with E-state index in [9.17, 15) is 4.79 Å². The van der Waals surface area contributed by atoms with Gasteiger partial charge in [-0.05, 0) is 49.4 Å². The van der Waals surface area contributed by atoms with Crippen molar-refractivity contribution in [3.05, 3.63) is 70.2 Å². The van der Waals surface area contributed by atoms with Crippen LogP contribution in [0.4, 0.5) is 0 Å². The monoisotopic (exact) mass is 343 g/mol. The number of aryl methyl sites for hydroxylation is 1. The molecule has 3 nitrogen and oxygen atoms in total. The zero-order chi connectivity index (χ0) is 16.9. The Kier molecular flexibility index (Phi) is 5.54. The molecule has 0 fully saturated rings. The molecule has 0 aromatic heterocycles. The molecule has 0 spiro atoms. The fourth-order valence-electron chi connectivity index (χ4n) is 3.37. The van der Waals surface area contributed by atoms with Crippen LogP contribution in [0, 0.1) is 0 Å². The number of quaternary nitrogens is 1. The van der Waals surface area contributed by atoms with E-state index in [-0.39, 0.29) is 18.0 Å². The molecule has 2 aromatic carbocycles. The summed E-state index contributed by atoms with van der Waals surface area (Å²) in [6.45, 7) is 2.52. The minimum absolute atomic E-state index is 0.0885. The Hall–Kier alpha value is -1.84. The summed E-state index contributed by atoms with van der Waals surface area (Å²) < 4.78 is 0. The van der Waals surface area contributed by atoms with Crippen molar-refractivity contribution < 1.29 is 10.1 Å². The van der Waals surface area contributed by atoms with E-state index < -0.39 is 0 Å². The van der Waals surface area contributed by atoms with Crippen LogP contribution in [-0.4, -0.2) is 12.5 Å². The normalized spacial score (nSPS) is 17.8. The average molecular weight is 344 g/mol. The molecule has 0 unspecified atom stereocenters. The van der Waals surface area contributed by atoms with Crippen LogP contribution in [0.1, 0.15) is 48.5 Å². The largest absolute Gasteiger partial charge is 0.344 e. The Morgan fingerprint density at radius 1 is 1.29 bits per heavy atom. The summed E-state index contributed by atoms with van der Waals surface area (Å²) in [6.07, 6.45) is 3.26. The SMILES string of the molecule is C[C@H]([NH2+]CC(=O)N[C@H]1CCCc2ccccc21)c1cccc(Cl)c1. The predicted octanol–water partition coefficient (Wildman–Crippen LogP) is 3.16. The van der Waals surface area contributed by atoms with Crippen molar-refractivity contribution in [2.75, 3.05) is 6.54 Å². The first-order valence-electron chi connectivity index (χ1n) is 8.59. The fraction of sp³-hybridized carbons (Fsp3) is 0.350. The number of benzene rings is 2. The molecule has 0 saturated carbocycles. The molecule has 24 heavy (non-hydrogen) atoms. The van der Waals surface area contributed by atoms with Crippen LogP contribution in [0.2, 0.25) is 5.02 Å². The number of nitrogens with one attached hydrogen (secondary N) is 1. The van der Waals surface area contributed by atoms with Crippen molar-refractivity contribution in [2.24, 2.45) is 0 Å². The number of fused-ring (bicyclic) bond motifs is 1. The number of hydrogen-bond acceptors (Lipinski definition) is 1. The minimum atomic E-state index is 0.0885. The molecule has 0 bridgehead atoms. The third kappa shape index (κ3) is 4.16. The topological polar surface area (TPSA) is 45.7 Å². The summed E-state index contributed by atoms with van der Waals surface area (Å²) in [6, 6.07) is 16.6. The molecule has 4 heteroatoms. The van der Waals surface area contributed by atoms with Gasteiger partial charge < -0.3 is 10.6 Å². The number of rotatable bonds is 5. The van der Waals surface area contributed by atoms with Crippen LogP contribution < -0.4 is 10.6 Å². The van der Waals surface area contributed by atoms with E-state index in [1.807, 2.05) is 24.3 Å². The smallest absolute Gasteiger partial charge is 0.275 e. The molecular weight excluding hydrogens is 320 g/mol. The minimum Gasteiger partial charge on any atom is -0.344 e. The van der Waals surface area contributed by atoms with E-state index in [2.05, 4.69) is 41.8 Å². The van der Waals surface area contributed by atoms with Crippen LogP contribution >= 0.6 is 11.6 Å². The highest BCUT2D eigenvalue weighted by Crippen LogP contribution is 2.29. The van der Waals surface area contributed by atoms with Gasteiger partial charge in [-0.1, -0.05) is 48.0 Å². The van der Waals surface area contributed by atoms with Crippen molar-refractivity contribution >= 4 is 17.5 Å². The van der Waals surface area contributed by atoms with Crippen molar-refractivity contribution in [1.29, 1.82) is 0 Å². The van der Waals surface area contributed by atoms with Crippen LogP contribution in [-0.2, 0) is 11.2 Å². The number of carbonyl (C=O) groups is 1. The Morgan fingerprint density at radius 3 is 2.96 bits per heavy atom. The number of halogens is 1. The molecule has 2 atom stereocenters. The molecular formula is C20H24ClN2O+. The Morgan fingerprint density at radius 2 is 2.12 bits per heavy atom. The van der Waals surface area contributed by atoms with E-state index in [0.717, 1.165) is 29.8 Å². The highest BCUT2D eigenvalue weighted by atomic mass is 35.5. The summed E-state index contributed by atoms with van der Waals surface area (Å²) in [7, 11) is 0. The molecule has 1 aliphatic rings. The van der Waals surface area contributed by atoms with Crippen molar-refractivity contribution in [1.82, 2.24) is 5.32 Å². The van der Waals surface area contributed by atoms with Crippen LogP contribution in [0.25, 0.3) is 0 Å². The first kappa shape index (κ1) is 17.0. The second kappa shape index (κ2) is 7.82. The molecule has 1 aliphatic carbocycles. The van der Waals surface area contributed by atoms with Gasteiger partial charge in [-0.2, -0.15) is 0 Å². The van der Waals surface area contributed by atoms with E-state index in [1.165, 1.54) is 11.1 Å². The molecule has 1 amide bonds. The van der Waals surface area contributed by atoms with Crippen molar-refractivity contribution in [3.8, 4) is 0 Å².